The van der Waals surface area contributed by atoms with Gasteiger partial charge >= 0.3 is 0 Å². The average molecular weight is 566 g/mol. The number of anilines is 1. The van der Waals surface area contributed by atoms with Gasteiger partial charge in [0.15, 0.2) is 22.5 Å². The predicted octanol–water partition coefficient (Wildman–Crippen LogP) is 4.48. The molecule has 0 unspecified atom stereocenters. The maximum Gasteiger partial charge on any atom is 0.251 e. The Labute approximate surface area is 234 Å². The van der Waals surface area contributed by atoms with Crippen LogP contribution in [-0.2, 0) is 11.3 Å². The lowest BCUT2D eigenvalue weighted by Crippen LogP contribution is -2.24. The molecule has 2 N–H and O–H groups in total. The molecule has 0 aliphatic heterocycles. The Bertz CT molecular complexity index is 1460. The van der Waals surface area contributed by atoms with Crippen LogP contribution in [0.1, 0.15) is 23.1 Å². The van der Waals surface area contributed by atoms with E-state index in [0.29, 0.717) is 51.8 Å². The van der Waals surface area contributed by atoms with Gasteiger partial charge in [-0.3, -0.25) is 14.2 Å². The first-order valence-electron chi connectivity index (χ1n) is 12.3. The molecular formula is C28H28FN5O5S. The van der Waals surface area contributed by atoms with Gasteiger partial charge < -0.3 is 24.8 Å². The van der Waals surface area contributed by atoms with Crippen LogP contribution in [0, 0.1) is 5.82 Å². The number of hydrogen-bond donors (Lipinski definition) is 2. The van der Waals surface area contributed by atoms with Crippen LogP contribution in [0.15, 0.2) is 71.9 Å². The number of ether oxygens (including phenoxy) is 3. The van der Waals surface area contributed by atoms with Crippen molar-refractivity contribution < 1.29 is 28.2 Å². The van der Waals surface area contributed by atoms with E-state index in [9.17, 15) is 14.0 Å². The fraction of sp³-hybridized carbons (Fsp3) is 0.214. The molecular weight excluding hydrogens is 537 g/mol. The number of rotatable bonds is 12. The third kappa shape index (κ3) is 7.08. The molecule has 12 heteroatoms. The second-order valence-electron chi connectivity index (χ2n) is 8.26. The summed E-state index contributed by atoms with van der Waals surface area (Å²) in [5.41, 5.74) is 1.58. The van der Waals surface area contributed by atoms with E-state index in [-0.39, 0.29) is 24.1 Å². The molecule has 0 atom stereocenters. The third-order valence-electron chi connectivity index (χ3n) is 5.62. The summed E-state index contributed by atoms with van der Waals surface area (Å²) in [6, 6.07) is 17.7. The van der Waals surface area contributed by atoms with Crippen molar-refractivity contribution in [1.82, 2.24) is 20.1 Å². The van der Waals surface area contributed by atoms with Gasteiger partial charge in [0, 0.05) is 16.9 Å². The van der Waals surface area contributed by atoms with E-state index in [1.165, 1.54) is 26.4 Å². The van der Waals surface area contributed by atoms with Crippen molar-refractivity contribution in [2.45, 2.75) is 18.6 Å². The van der Waals surface area contributed by atoms with Gasteiger partial charge in [0.05, 0.1) is 33.1 Å². The molecule has 0 saturated carbocycles. The zero-order valence-corrected chi connectivity index (χ0v) is 23.0. The zero-order chi connectivity index (χ0) is 28.5. The molecule has 0 radical (unpaired) electrons. The Morgan fingerprint density at radius 1 is 0.950 bits per heavy atom. The Kier molecular flexibility index (Phi) is 9.57. The highest BCUT2D eigenvalue weighted by Gasteiger charge is 2.18. The monoisotopic (exact) mass is 565 g/mol. The van der Waals surface area contributed by atoms with Gasteiger partial charge in [-0.15, -0.1) is 10.2 Å². The molecule has 3 aromatic carbocycles. The van der Waals surface area contributed by atoms with E-state index in [4.69, 9.17) is 14.2 Å². The van der Waals surface area contributed by atoms with Crippen molar-refractivity contribution in [2.24, 2.45) is 0 Å². The molecule has 1 heterocycles. The van der Waals surface area contributed by atoms with Crippen LogP contribution in [0.3, 0.4) is 0 Å². The summed E-state index contributed by atoms with van der Waals surface area (Å²) in [4.78, 5) is 25.5. The normalized spacial score (nSPS) is 10.6. The molecule has 10 nitrogen and oxygen atoms in total. The molecule has 0 spiro atoms. The van der Waals surface area contributed by atoms with E-state index in [2.05, 4.69) is 20.8 Å². The van der Waals surface area contributed by atoms with Crippen molar-refractivity contribution in [3.8, 4) is 22.9 Å². The predicted molar refractivity (Wildman–Crippen MR) is 149 cm³/mol. The first-order valence-corrected chi connectivity index (χ1v) is 13.3. The number of carbonyl (C=O) groups is 2. The topological polar surface area (TPSA) is 117 Å². The number of hydrogen-bond acceptors (Lipinski definition) is 8. The fourth-order valence-electron chi connectivity index (χ4n) is 3.72. The maximum absolute atomic E-state index is 13.6. The van der Waals surface area contributed by atoms with Gasteiger partial charge in [-0.2, -0.15) is 0 Å². The van der Waals surface area contributed by atoms with Gasteiger partial charge in [0.2, 0.25) is 5.91 Å². The number of nitrogens with zero attached hydrogens (tertiary/aromatic N) is 3. The van der Waals surface area contributed by atoms with Crippen LogP contribution < -0.4 is 24.8 Å². The minimum atomic E-state index is -0.399. The second-order valence-corrected chi connectivity index (χ2v) is 9.20. The summed E-state index contributed by atoms with van der Waals surface area (Å²) in [6.45, 7) is 2.48. The van der Waals surface area contributed by atoms with Crippen LogP contribution >= 0.6 is 11.8 Å². The number of methoxy groups -OCH3 is 2. The standard InChI is InChI=1S/C28H28FN5O5S/c1-4-39-22-12-8-20(9-13-22)31-26(35)17-40-28-33-32-25(34(28)21-10-6-19(29)7-11-21)16-30-27(36)18-5-14-23(37-2)24(15-18)38-3/h5-15H,4,16-17H2,1-3H3,(H,30,36)(H,31,35). The minimum Gasteiger partial charge on any atom is -0.494 e. The quantitative estimate of drug-likeness (QED) is 0.242. The van der Waals surface area contributed by atoms with E-state index >= 15 is 0 Å². The molecule has 40 heavy (non-hydrogen) atoms. The summed E-state index contributed by atoms with van der Waals surface area (Å²) in [7, 11) is 3.00. The Balaban J connectivity index is 1.47. The summed E-state index contributed by atoms with van der Waals surface area (Å²) in [5, 5.41) is 14.5. The van der Waals surface area contributed by atoms with Gasteiger partial charge in [-0.05, 0) is 73.7 Å². The molecule has 0 bridgehead atoms. The van der Waals surface area contributed by atoms with E-state index in [0.717, 1.165) is 11.8 Å². The highest BCUT2D eigenvalue weighted by molar-refractivity contribution is 7.99. The number of thioether (sulfide) groups is 1. The highest BCUT2D eigenvalue weighted by Crippen LogP contribution is 2.28. The van der Waals surface area contributed by atoms with Crippen molar-refractivity contribution in [2.75, 3.05) is 31.9 Å². The van der Waals surface area contributed by atoms with Crippen LogP contribution in [0.5, 0.6) is 17.2 Å². The summed E-state index contributed by atoms with van der Waals surface area (Å²) < 4.78 is 31.2. The first-order chi connectivity index (χ1) is 19.4. The molecule has 0 aliphatic carbocycles. The lowest BCUT2D eigenvalue weighted by Gasteiger charge is -2.12. The summed E-state index contributed by atoms with van der Waals surface area (Å²) in [6.07, 6.45) is 0. The molecule has 0 saturated heterocycles. The van der Waals surface area contributed by atoms with Crippen LogP contribution in [0.4, 0.5) is 10.1 Å². The SMILES string of the molecule is CCOc1ccc(NC(=O)CSc2nnc(CNC(=O)c3ccc(OC)c(OC)c3)n2-c2ccc(F)cc2)cc1. The zero-order valence-electron chi connectivity index (χ0n) is 22.1. The molecule has 4 aromatic rings. The fourth-order valence-corrected chi connectivity index (χ4v) is 4.50. The molecule has 2 amide bonds. The first kappa shape index (κ1) is 28.4. The van der Waals surface area contributed by atoms with Crippen molar-refractivity contribution in [1.29, 1.82) is 0 Å². The third-order valence-corrected chi connectivity index (χ3v) is 6.55. The van der Waals surface area contributed by atoms with Crippen molar-refractivity contribution in [3.63, 3.8) is 0 Å². The molecule has 4 rings (SSSR count). The Morgan fingerprint density at radius 2 is 1.68 bits per heavy atom. The van der Waals surface area contributed by atoms with E-state index in [1.807, 2.05) is 6.92 Å². The van der Waals surface area contributed by atoms with Gasteiger partial charge in [0.25, 0.3) is 5.91 Å². The van der Waals surface area contributed by atoms with Crippen LogP contribution in [0.2, 0.25) is 0 Å². The number of carbonyl (C=O) groups excluding carboxylic acids is 2. The maximum atomic E-state index is 13.6. The Morgan fingerprint density at radius 3 is 2.35 bits per heavy atom. The second kappa shape index (κ2) is 13.5. The molecule has 0 aliphatic rings. The summed E-state index contributed by atoms with van der Waals surface area (Å²) in [5.74, 6) is 1.08. The van der Waals surface area contributed by atoms with E-state index < -0.39 is 5.82 Å². The molecule has 208 valence electrons. The molecule has 0 fully saturated rings. The average Bonchev–Trinajstić information content (AvgIpc) is 3.38. The number of halogens is 1. The van der Waals surface area contributed by atoms with Gasteiger partial charge in [-0.1, -0.05) is 11.8 Å². The highest BCUT2D eigenvalue weighted by atomic mass is 32.2. The lowest BCUT2D eigenvalue weighted by molar-refractivity contribution is -0.113. The van der Waals surface area contributed by atoms with Crippen LogP contribution in [0.25, 0.3) is 5.69 Å². The summed E-state index contributed by atoms with van der Waals surface area (Å²) >= 11 is 1.16. The molecule has 1 aromatic heterocycles. The largest absolute Gasteiger partial charge is 0.494 e. The minimum absolute atomic E-state index is 0.0243. The van der Waals surface area contributed by atoms with Crippen molar-refractivity contribution >= 4 is 29.3 Å². The number of benzene rings is 3. The number of nitrogens with one attached hydrogen (secondary N) is 2. The van der Waals surface area contributed by atoms with E-state index in [1.54, 1.807) is 59.2 Å². The van der Waals surface area contributed by atoms with Crippen molar-refractivity contribution in [3.05, 3.63) is 83.9 Å². The van der Waals surface area contributed by atoms with Crippen LogP contribution in [-0.4, -0.2) is 53.2 Å². The number of aromatic nitrogens is 3. The smallest absolute Gasteiger partial charge is 0.251 e. The lowest BCUT2D eigenvalue weighted by atomic mass is 10.2. The van der Waals surface area contributed by atoms with Gasteiger partial charge in [0.1, 0.15) is 11.6 Å². The van der Waals surface area contributed by atoms with Gasteiger partial charge in [-0.25, -0.2) is 4.39 Å². The Hall–Kier alpha value is -4.58. The number of amides is 2.